The summed E-state index contributed by atoms with van der Waals surface area (Å²) in [4.78, 5) is 25.7. The molecular formula is C15H23N3O3. The van der Waals surface area contributed by atoms with Crippen molar-refractivity contribution < 1.29 is 19.3 Å². The van der Waals surface area contributed by atoms with Crippen LogP contribution in [0.4, 0.5) is 0 Å². The van der Waals surface area contributed by atoms with Crippen molar-refractivity contribution >= 4 is 11.9 Å². The van der Waals surface area contributed by atoms with Gasteiger partial charge in [0.2, 0.25) is 5.91 Å². The monoisotopic (exact) mass is 293 g/mol. The number of hydrogen-bond acceptors (Lipinski definition) is 4. The minimum absolute atomic E-state index is 0.0548. The molecule has 0 spiro atoms. The molecule has 1 amide bonds. The highest BCUT2D eigenvalue weighted by atomic mass is 16.4. The molecule has 21 heavy (non-hydrogen) atoms. The second-order valence-corrected chi connectivity index (χ2v) is 5.98. The molecule has 1 N–H and O–H groups in total. The van der Waals surface area contributed by atoms with E-state index >= 15 is 0 Å². The van der Waals surface area contributed by atoms with Gasteiger partial charge in [0.25, 0.3) is 0 Å². The first-order valence-corrected chi connectivity index (χ1v) is 7.35. The maximum Gasteiger partial charge on any atom is 0.229 e. The molecule has 0 bridgehead atoms. The van der Waals surface area contributed by atoms with E-state index < -0.39 is 12.0 Å². The zero-order valence-electron chi connectivity index (χ0n) is 12.7. The van der Waals surface area contributed by atoms with Gasteiger partial charge < -0.3 is 14.8 Å². The van der Waals surface area contributed by atoms with E-state index in [1.54, 1.807) is 18.0 Å². The molecule has 116 valence electrons. The molecule has 2 aliphatic heterocycles. The number of likely N-dealkylation sites (N-methyl/N-ethyl adjacent to an activating group) is 1. The van der Waals surface area contributed by atoms with Gasteiger partial charge in [-0.15, -0.1) is 0 Å². The average molecular weight is 293 g/mol. The number of carboxylic acid groups (broad SMARTS) is 1. The fourth-order valence-corrected chi connectivity index (χ4v) is 3.04. The topological polar surface area (TPSA) is 72.5 Å². The number of hydrogen-bond donors (Lipinski definition) is 1. The van der Waals surface area contributed by atoms with Crippen molar-refractivity contribution in [3.8, 4) is 0 Å². The Morgan fingerprint density at radius 1 is 1.43 bits per heavy atom. The van der Waals surface area contributed by atoms with Gasteiger partial charge in [-0.3, -0.25) is 4.79 Å². The lowest BCUT2D eigenvalue weighted by molar-refractivity contribution is -0.924. The summed E-state index contributed by atoms with van der Waals surface area (Å²) in [7, 11) is 1.73. The highest BCUT2D eigenvalue weighted by Crippen LogP contribution is 2.26. The van der Waals surface area contributed by atoms with Crippen LogP contribution < -0.4 is 10.5 Å². The van der Waals surface area contributed by atoms with Gasteiger partial charge in [0, 0.05) is 26.1 Å². The number of amides is 1. The van der Waals surface area contributed by atoms with E-state index in [0.717, 1.165) is 38.0 Å². The van der Waals surface area contributed by atoms with Crippen molar-refractivity contribution in [3.63, 3.8) is 0 Å². The first-order valence-electron chi connectivity index (χ1n) is 7.35. The SMILES string of the molecule is C=C1C=C(C)[N+](C)([C@@H](CC(=O)N2CCCCC2)C(=O)[O-])N1. The van der Waals surface area contributed by atoms with Crippen molar-refractivity contribution in [2.75, 3.05) is 20.1 Å². The van der Waals surface area contributed by atoms with Gasteiger partial charge in [-0.2, -0.15) is 4.59 Å². The van der Waals surface area contributed by atoms with E-state index in [4.69, 9.17) is 0 Å². The fraction of sp³-hybridized carbons (Fsp3) is 0.600. The number of carbonyl (C=O) groups excluding carboxylic acids is 2. The molecule has 0 aromatic carbocycles. The highest BCUT2D eigenvalue weighted by Gasteiger charge is 2.42. The van der Waals surface area contributed by atoms with Crippen LogP contribution in [0.1, 0.15) is 32.6 Å². The van der Waals surface area contributed by atoms with Gasteiger partial charge in [-0.25, -0.2) is 5.43 Å². The lowest BCUT2D eigenvalue weighted by atomic mass is 10.1. The number of nitrogens with one attached hydrogen (secondary N) is 1. The third-order valence-corrected chi connectivity index (χ3v) is 4.46. The Bertz CT molecular complexity index is 494. The third-order valence-electron chi connectivity index (χ3n) is 4.46. The predicted octanol–water partition coefficient (Wildman–Crippen LogP) is -0.110. The summed E-state index contributed by atoms with van der Waals surface area (Å²) >= 11 is 0. The van der Waals surface area contributed by atoms with Crippen LogP contribution in [0.15, 0.2) is 24.0 Å². The molecule has 6 heteroatoms. The number of rotatable bonds is 4. The van der Waals surface area contributed by atoms with Crippen LogP contribution in [0.2, 0.25) is 0 Å². The fourth-order valence-electron chi connectivity index (χ4n) is 3.04. The molecule has 0 aromatic heterocycles. The normalized spacial score (nSPS) is 27.0. The largest absolute Gasteiger partial charge is 0.544 e. The van der Waals surface area contributed by atoms with Gasteiger partial charge in [0.15, 0.2) is 6.04 Å². The number of aliphatic carboxylic acids is 1. The summed E-state index contributed by atoms with van der Waals surface area (Å²) in [6.45, 7) is 7.06. The zero-order valence-corrected chi connectivity index (χ0v) is 12.7. The smallest absolute Gasteiger partial charge is 0.229 e. The van der Waals surface area contributed by atoms with E-state index in [0.29, 0.717) is 5.70 Å². The molecule has 0 saturated carbocycles. The van der Waals surface area contributed by atoms with Crippen molar-refractivity contribution in [2.45, 2.75) is 38.6 Å². The Kier molecular flexibility index (Phi) is 4.37. The van der Waals surface area contributed by atoms with Crippen molar-refractivity contribution in [3.05, 3.63) is 24.0 Å². The van der Waals surface area contributed by atoms with Crippen LogP contribution in [0.5, 0.6) is 0 Å². The second-order valence-electron chi connectivity index (χ2n) is 5.98. The summed E-state index contributed by atoms with van der Waals surface area (Å²) < 4.78 is -0.0548. The Balaban J connectivity index is 2.13. The minimum atomic E-state index is -1.22. The molecule has 0 aromatic rings. The molecule has 1 saturated heterocycles. The molecule has 1 fully saturated rings. The zero-order chi connectivity index (χ0) is 15.6. The lowest BCUT2D eigenvalue weighted by Gasteiger charge is -2.39. The number of allylic oxidation sites excluding steroid dienone is 2. The van der Waals surface area contributed by atoms with Gasteiger partial charge >= 0.3 is 0 Å². The van der Waals surface area contributed by atoms with Crippen molar-refractivity contribution in [2.24, 2.45) is 0 Å². The number of carboxylic acids is 1. The highest BCUT2D eigenvalue weighted by molar-refractivity contribution is 5.83. The number of likely N-dealkylation sites (tertiary alicyclic amines) is 1. The lowest BCUT2D eigenvalue weighted by Crippen LogP contribution is -2.63. The molecule has 0 radical (unpaired) electrons. The average Bonchev–Trinajstić information content (AvgIpc) is 2.70. The third kappa shape index (κ3) is 3.10. The maximum atomic E-state index is 12.4. The summed E-state index contributed by atoms with van der Waals surface area (Å²) in [5, 5.41) is 11.6. The predicted molar refractivity (Wildman–Crippen MR) is 76.1 cm³/mol. The van der Waals surface area contributed by atoms with Crippen LogP contribution in [-0.2, 0) is 9.59 Å². The first-order chi connectivity index (χ1) is 9.84. The van der Waals surface area contributed by atoms with Crippen LogP contribution in [-0.4, -0.2) is 47.5 Å². The summed E-state index contributed by atoms with van der Waals surface area (Å²) in [6, 6.07) is -0.963. The Hall–Kier alpha value is -1.82. The molecule has 1 unspecified atom stereocenters. The minimum Gasteiger partial charge on any atom is -0.544 e. The molecule has 2 rings (SSSR count). The number of carbonyl (C=O) groups is 2. The number of nitrogens with zero attached hydrogens (tertiary/aromatic N) is 2. The maximum absolute atomic E-state index is 12.4. The van der Waals surface area contributed by atoms with Crippen LogP contribution in [0, 0.1) is 0 Å². The first kappa shape index (κ1) is 15.6. The van der Waals surface area contributed by atoms with Crippen molar-refractivity contribution in [1.29, 1.82) is 0 Å². The molecule has 2 atom stereocenters. The molecule has 2 aliphatic rings. The number of quaternary nitrogens is 1. The molecule has 2 heterocycles. The Labute approximate surface area is 125 Å². The van der Waals surface area contributed by atoms with E-state index in [1.165, 1.54) is 0 Å². The van der Waals surface area contributed by atoms with Crippen molar-refractivity contribution in [1.82, 2.24) is 10.3 Å². The summed E-state index contributed by atoms with van der Waals surface area (Å²) in [5.74, 6) is -1.34. The number of piperidine rings is 1. The summed E-state index contributed by atoms with van der Waals surface area (Å²) in [5.41, 5.74) is 4.48. The Morgan fingerprint density at radius 2 is 2.05 bits per heavy atom. The van der Waals surface area contributed by atoms with Gasteiger partial charge in [0.1, 0.15) is 11.7 Å². The van der Waals surface area contributed by atoms with E-state index in [1.807, 2.05) is 6.92 Å². The van der Waals surface area contributed by atoms with E-state index in [9.17, 15) is 14.7 Å². The summed E-state index contributed by atoms with van der Waals surface area (Å²) in [6.07, 6.45) is 4.83. The van der Waals surface area contributed by atoms with E-state index in [-0.39, 0.29) is 16.9 Å². The van der Waals surface area contributed by atoms with Gasteiger partial charge in [-0.05, 0) is 19.3 Å². The quantitative estimate of drug-likeness (QED) is 0.734. The van der Waals surface area contributed by atoms with E-state index in [2.05, 4.69) is 12.0 Å². The molecule has 0 aliphatic carbocycles. The van der Waals surface area contributed by atoms with Gasteiger partial charge in [-0.1, -0.05) is 6.58 Å². The van der Waals surface area contributed by atoms with Crippen LogP contribution >= 0.6 is 0 Å². The second kappa shape index (κ2) is 5.89. The Morgan fingerprint density at radius 3 is 2.52 bits per heavy atom. The molecular weight excluding hydrogens is 270 g/mol. The van der Waals surface area contributed by atoms with Gasteiger partial charge in [0.05, 0.1) is 19.2 Å². The van der Waals surface area contributed by atoms with Crippen LogP contribution in [0.3, 0.4) is 0 Å². The van der Waals surface area contributed by atoms with Crippen LogP contribution in [0.25, 0.3) is 0 Å². The standard InChI is InChI=1S/C15H23N3O3/c1-11-9-12(2)18(3,16-11)13(15(20)21)10-14(19)17-7-5-4-6-8-17/h9,13,16H,1,4-8,10H2,2-3H3/t13-,18?/m0/s1. The molecule has 6 nitrogen and oxygen atoms in total.